The van der Waals surface area contributed by atoms with E-state index in [1.54, 1.807) is 0 Å². The summed E-state index contributed by atoms with van der Waals surface area (Å²) in [7, 11) is 0. The molecule has 0 saturated carbocycles. The fourth-order valence-corrected chi connectivity index (χ4v) is 1.01. The molecule has 2 nitrogen and oxygen atoms in total. The average molecular weight is 289 g/mol. The van der Waals surface area contributed by atoms with Gasteiger partial charge in [0.1, 0.15) is 0 Å². The molecule has 0 bridgehead atoms. The predicted molar refractivity (Wildman–Crippen MR) is 53.0 cm³/mol. The van der Waals surface area contributed by atoms with Crippen molar-refractivity contribution in [1.29, 1.82) is 0 Å². The highest BCUT2D eigenvalue weighted by Gasteiger charge is 2.02. The summed E-state index contributed by atoms with van der Waals surface area (Å²) >= 11 is 6.47. The van der Waals surface area contributed by atoms with Crippen molar-refractivity contribution in [3.8, 4) is 0 Å². The van der Waals surface area contributed by atoms with E-state index < -0.39 is 0 Å². The van der Waals surface area contributed by atoms with Crippen LogP contribution in [0.1, 0.15) is 13.8 Å². The molecule has 0 aromatic heterocycles. The van der Waals surface area contributed by atoms with Gasteiger partial charge >= 0.3 is 0 Å². The quantitative estimate of drug-likeness (QED) is 0.572. The third-order valence-electron chi connectivity index (χ3n) is 0.924. The summed E-state index contributed by atoms with van der Waals surface area (Å²) in [5.74, 6) is 0. The Labute approximate surface area is 84.2 Å². The summed E-state index contributed by atoms with van der Waals surface area (Å²) in [6.07, 6.45) is 1.56. The second kappa shape index (κ2) is 7.28. The molecular weight excluding hydrogens is 277 g/mol. The molecule has 66 valence electrons. The first-order chi connectivity index (χ1) is 5.20. The van der Waals surface area contributed by atoms with Crippen molar-refractivity contribution in [2.75, 3.05) is 13.2 Å². The number of ether oxygens (including phenoxy) is 2. The van der Waals surface area contributed by atoms with Crippen molar-refractivity contribution in [2.24, 2.45) is 0 Å². The van der Waals surface area contributed by atoms with Gasteiger partial charge in [-0.2, -0.15) is 0 Å². The standard InChI is InChI=1S/C7H12Br2O2/c1-3-10-7(11-4-2)5-6(8)9/h5,7H,3-4H2,1-2H3/i6+1. The van der Waals surface area contributed by atoms with E-state index in [0.29, 0.717) is 13.2 Å². The Balaban J connectivity index is 3.78. The van der Waals surface area contributed by atoms with Crippen molar-refractivity contribution in [1.82, 2.24) is 0 Å². The van der Waals surface area contributed by atoms with Crippen molar-refractivity contribution in [2.45, 2.75) is 20.1 Å². The zero-order valence-electron chi connectivity index (χ0n) is 6.64. The van der Waals surface area contributed by atoms with E-state index in [1.807, 2.05) is 19.9 Å². The fraction of sp³-hybridized carbons (Fsp3) is 0.714. The van der Waals surface area contributed by atoms with Crippen molar-refractivity contribution < 1.29 is 9.47 Å². The molecule has 0 N–H and O–H groups in total. The first-order valence-corrected chi connectivity index (χ1v) is 5.05. The minimum Gasteiger partial charge on any atom is -0.349 e. The molecule has 0 rings (SSSR count). The third-order valence-corrected chi connectivity index (χ3v) is 1.45. The highest BCUT2D eigenvalue weighted by Crippen LogP contribution is 2.15. The zero-order valence-corrected chi connectivity index (χ0v) is 9.81. The lowest BCUT2D eigenvalue weighted by Gasteiger charge is -2.12. The molecule has 0 aromatic rings. The largest absolute Gasteiger partial charge is 0.349 e. The van der Waals surface area contributed by atoms with Crippen LogP contribution >= 0.6 is 31.9 Å². The van der Waals surface area contributed by atoms with Crippen molar-refractivity contribution >= 4 is 31.9 Å². The summed E-state index contributed by atoms with van der Waals surface area (Å²) in [6.45, 7) is 5.16. The zero-order chi connectivity index (χ0) is 8.69. The monoisotopic (exact) mass is 287 g/mol. The normalized spacial score (nSPS) is 10.3. The summed E-state index contributed by atoms with van der Waals surface area (Å²) < 4.78 is 11.3. The maximum atomic E-state index is 5.23. The van der Waals surface area contributed by atoms with Gasteiger partial charge in [-0.1, -0.05) is 0 Å². The van der Waals surface area contributed by atoms with E-state index in [-0.39, 0.29) is 6.29 Å². The van der Waals surface area contributed by atoms with Gasteiger partial charge in [-0.3, -0.25) is 0 Å². The molecule has 0 aliphatic heterocycles. The smallest absolute Gasteiger partial charge is 0.178 e. The maximum absolute atomic E-state index is 5.23. The first kappa shape index (κ1) is 11.6. The molecular formula is C7H12Br2O2. The minimum atomic E-state index is -0.251. The van der Waals surface area contributed by atoms with E-state index in [9.17, 15) is 0 Å². The van der Waals surface area contributed by atoms with E-state index in [4.69, 9.17) is 9.47 Å². The number of hydrogen-bond acceptors (Lipinski definition) is 2. The lowest BCUT2D eigenvalue weighted by atomic mass is 10.6. The van der Waals surface area contributed by atoms with Gasteiger partial charge in [-0.05, 0) is 51.8 Å². The van der Waals surface area contributed by atoms with Crippen molar-refractivity contribution in [3.05, 3.63) is 9.47 Å². The highest BCUT2D eigenvalue weighted by molar-refractivity contribution is 9.28. The van der Waals surface area contributed by atoms with Gasteiger partial charge in [0.05, 0.1) is 3.39 Å². The highest BCUT2D eigenvalue weighted by atomic mass is 79.9. The Morgan fingerprint density at radius 1 is 1.27 bits per heavy atom. The van der Waals surface area contributed by atoms with Crippen LogP contribution in [-0.4, -0.2) is 19.5 Å². The lowest BCUT2D eigenvalue weighted by molar-refractivity contribution is -0.103. The Kier molecular flexibility index (Phi) is 7.69. The molecule has 0 fully saturated rings. The fourth-order valence-electron chi connectivity index (χ4n) is 0.576. The lowest BCUT2D eigenvalue weighted by Crippen LogP contribution is -2.14. The molecule has 0 spiro atoms. The SMILES string of the molecule is CCOC(C=[13C](Br)Br)OCC. The van der Waals surface area contributed by atoms with Crippen LogP contribution in [0.5, 0.6) is 0 Å². The summed E-state index contributed by atoms with van der Waals surface area (Å²) in [5.41, 5.74) is 0. The van der Waals surface area contributed by atoms with Crippen LogP contribution in [0.3, 0.4) is 0 Å². The molecule has 0 heterocycles. The number of hydrogen-bond donors (Lipinski definition) is 0. The van der Waals surface area contributed by atoms with Crippen LogP contribution in [0.15, 0.2) is 9.47 Å². The molecule has 11 heavy (non-hydrogen) atoms. The van der Waals surface area contributed by atoms with Crippen LogP contribution in [0.4, 0.5) is 0 Å². The Morgan fingerprint density at radius 3 is 2.00 bits per heavy atom. The predicted octanol–water partition coefficient (Wildman–Crippen LogP) is 3.02. The van der Waals surface area contributed by atoms with E-state index >= 15 is 0 Å². The van der Waals surface area contributed by atoms with Crippen LogP contribution in [0, 0.1) is 0 Å². The molecule has 0 amide bonds. The molecule has 0 unspecified atom stereocenters. The van der Waals surface area contributed by atoms with Gasteiger partial charge in [0.15, 0.2) is 6.29 Å². The van der Waals surface area contributed by atoms with Gasteiger partial charge in [0, 0.05) is 13.2 Å². The van der Waals surface area contributed by atoms with Gasteiger partial charge < -0.3 is 9.47 Å². The molecule has 0 radical (unpaired) electrons. The summed E-state index contributed by atoms with van der Waals surface area (Å²) in [6, 6.07) is 0. The van der Waals surface area contributed by atoms with Crippen LogP contribution in [0.2, 0.25) is 0 Å². The molecule has 0 aromatic carbocycles. The average Bonchev–Trinajstić information content (AvgIpc) is 1.87. The van der Waals surface area contributed by atoms with Gasteiger partial charge in [-0.25, -0.2) is 0 Å². The summed E-state index contributed by atoms with van der Waals surface area (Å²) in [4.78, 5) is 0. The second-order valence-corrected chi connectivity index (χ2v) is 4.51. The van der Waals surface area contributed by atoms with Gasteiger partial charge in [-0.15, -0.1) is 0 Å². The molecule has 0 aliphatic rings. The van der Waals surface area contributed by atoms with E-state index in [2.05, 4.69) is 31.9 Å². The number of halogens is 2. The molecule has 0 aliphatic carbocycles. The Morgan fingerprint density at radius 2 is 1.73 bits per heavy atom. The van der Waals surface area contributed by atoms with Crippen molar-refractivity contribution in [3.63, 3.8) is 0 Å². The van der Waals surface area contributed by atoms with E-state index in [0.717, 1.165) is 3.39 Å². The minimum absolute atomic E-state index is 0.251. The topological polar surface area (TPSA) is 18.5 Å². The maximum Gasteiger partial charge on any atom is 0.178 e. The second-order valence-electron chi connectivity index (χ2n) is 1.74. The van der Waals surface area contributed by atoms with Crippen LogP contribution < -0.4 is 0 Å². The Hall–Kier alpha value is 0.620. The Bertz CT molecular complexity index is 116. The van der Waals surface area contributed by atoms with Crippen LogP contribution in [0.25, 0.3) is 0 Å². The van der Waals surface area contributed by atoms with Gasteiger partial charge in [0.25, 0.3) is 0 Å². The molecule has 0 saturated heterocycles. The van der Waals surface area contributed by atoms with E-state index in [1.165, 1.54) is 0 Å². The molecule has 0 atom stereocenters. The number of rotatable bonds is 5. The summed E-state index contributed by atoms with van der Waals surface area (Å²) in [5, 5.41) is 0. The van der Waals surface area contributed by atoms with Gasteiger partial charge in [0.2, 0.25) is 0 Å². The third kappa shape index (κ3) is 7.00. The first-order valence-electron chi connectivity index (χ1n) is 3.46. The molecule has 4 heteroatoms. The van der Waals surface area contributed by atoms with Crippen LogP contribution in [-0.2, 0) is 9.47 Å².